The molecule has 0 amide bonds. The maximum atomic E-state index is 13.3. The van der Waals surface area contributed by atoms with Crippen LogP contribution in [0.15, 0.2) is 48.7 Å². The Labute approximate surface area is 169 Å². The van der Waals surface area contributed by atoms with E-state index in [9.17, 15) is 13.9 Å². The lowest BCUT2D eigenvalue weighted by molar-refractivity contribution is -0.0893. The fourth-order valence-electron chi connectivity index (χ4n) is 2.31. The molecule has 8 heteroatoms. The van der Waals surface area contributed by atoms with Gasteiger partial charge in [0, 0.05) is 23.4 Å². The minimum atomic E-state index is -0.997. The van der Waals surface area contributed by atoms with Gasteiger partial charge in [-0.05, 0) is 39.8 Å². The van der Waals surface area contributed by atoms with Crippen molar-refractivity contribution in [3.8, 4) is 22.6 Å². The summed E-state index contributed by atoms with van der Waals surface area (Å²) < 4.78 is 32.3. The van der Waals surface area contributed by atoms with Gasteiger partial charge in [0.25, 0.3) is 0 Å². The van der Waals surface area contributed by atoms with E-state index in [0.29, 0.717) is 17.3 Å². The molecule has 1 aromatic carbocycles. The van der Waals surface area contributed by atoms with Gasteiger partial charge in [-0.15, -0.1) is 0 Å². The number of hydrogen-bond donors (Lipinski definition) is 1. The van der Waals surface area contributed by atoms with Gasteiger partial charge in [0.1, 0.15) is 0 Å². The van der Waals surface area contributed by atoms with E-state index in [2.05, 4.69) is 15.0 Å². The van der Waals surface area contributed by atoms with Crippen molar-refractivity contribution in [1.29, 1.82) is 0 Å². The Morgan fingerprint density at radius 1 is 0.897 bits per heavy atom. The first kappa shape index (κ1) is 21.0. The van der Waals surface area contributed by atoms with Crippen molar-refractivity contribution in [2.45, 2.75) is 38.9 Å². The van der Waals surface area contributed by atoms with E-state index in [4.69, 9.17) is 4.65 Å². The standard InChI is InChI=1S/C21H21BF2N3O2/c1-20(2,28)21(3,4)29-22-15-8-5-13(6-9-15)16-10-7-14(12-25-16)19-26-17(23)11-18(24)27-19/h5-12,28H,1-4H3. The zero-order valence-electron chi connectivity index (χ0n) is 16.6. The summed E-state index contributed by atoms with van der Waals surface area (Å²) in [4.78, 5) is 11.5. The summed E-state index contributed by atoms with van der Waals surface area (Å²) >= 11 is 0. The monoisotopic (exact) mass is 396 g/mol. The highest BCUT2D eigenvalue weighted by Gasteiger charge is 2.35. The summed E-state index contributed by atoms with van der Waals surface area (Å²) in [7, 11) is 1.61. The Bertz CT molecular complexity index is 968. The minimum absolute atomic E-state index is 0.0573. The fraction of sp³-hybridized carbons (Fsp3) is 0.286. The molecule has 2 aromatic heterocycles. The van der Waals surface area contributed by atoms with Crippen molar-refractivity contribution in [2.24, 2.45) is 0 Å². The van der Waals surface area contributed by atoms with E-state index >= 15 is 0 Å². The van der Waals surface area contributed by atoms with Gasteiger partial charge in [0.05, 0.1) is 16.9 Å². The average Bonchev–Trinajstić information content (AvgIpc) is 2.65. The summed E-state index contributed by atoms with van der Waals surface area (Å²) in [5.41, 5.74) is 1.06. The molecule has 149 valence electrons. The SMILES string of the molecule is CC(C)(O)C(C)(C)O[B]c1ccc(-c2ccc(-c3nc(F)cc(F)n3)cn2)cc1. The lowest BCUT2D eigenvalue weighted by atomic mass is 9.82. The molecular formula is C21H21BF2N3O2. The summed E-state index contributed by atoms with van der Waals surface area (Å²) in [6.45, 7) is 7.03. The van der Waals surface area contributed by atoms with Gasteiger partial charge < -0.3 is 9.76 Å². The third kappa shape index (κ3) is 5.02. The van der Waals surface area contributed by atoms with Crippen LogP contribution in [0.5, 0.6) is 0 Å². The molecule has 0 bridgehead atoms. The molecule has 3 rings (SSSR count). The van der Waals surface area contributed by atoms with Gasteiger partial charge in [-0.25, -0.2) is 0 Å². The summed E-state index contributed by atoms with van der Waals surface area (Å²) in [5.74, 6) is -1.92. The van der Waals surface area contributed by atoms with Crippen molar-refractivity contribution >= 4 is 12.9 Å². The number of benzene rings is 1. The molecule has 0 aliphatic carbocycles. The number of aliphatic hydroxyl groups is 1. The van der Waals surface area contributed by atoms with E-state index in [0.717, 1.165) is 11.0 Å². The van der Waals surface area contributed by atoms with Crippen LogP contribution < -0.4 is 5.46 Å². The van der Waals surface area contributed by atoms with Crippen LogP contribution >= 0.6 is 0 Å². The van der Waals surface area contributed by atoms with Gasteiger partial charge in [-0.2, -0.15) is 18.7 Å². The molecule has 3 aromatic rings. The molecule has 0 fully saturated rings. The maximum absolute atomic E-state index is 13.3. The van der Waals surface area contributed by atoms with Crippen molar-refractivity contribution < 1.29 is 18.5 Å². The first-order valence-electron chi connectivity index (χ1n) is 9.05. The zero-order valence-corrected chi connectivity index (χ0v) is 16.6. The van der Waals surface area contributed by atoms with Crippen molar-refractivity contribution in [3.63, 3.8) is 0 Å². The fourth-order valence-corrected chi connectivity index (χ4v) is 2.31. The van der Waals surface area contributed by atoms with Gasteiger partial charge >= 0.3 is 7.48 Å². The molecule has 0 unspecified atom stereocenters. The van der Waals surface area contributed by atoms with Crippen LogP contribution in [0, 0.1) is 11.9 Å². The molecular weight excluding hydrogens is 375 g/mol. The largest absolute Gasteiger partial charge is 0.427 e. The van der Waals surface area contributed by atoms with Crippen LogP contribution in [0.4, 0.5) is 8.78 Å². The van der Waals surface area contributed by atoms with Crippen LogP contribution in [0.1, 0.15) is 27.7 Å². The Balaban J connectivity index is 1.72. The first-order chi connectivity index (χ1) is 13.5. The number of rotatable bonds is 6. The lowest BCUT2D eigenvalue weighted by Gasteiger charge is -2.37. The molecule has 2 heterocycles. The van der Waals surface area contributed by atoms with Crippen LogP contribution in [0.2, 0.25) is 0 Å². The molecule has 1 N–H and O–H groups in total. The lowest BCUT2D eigenvalue weighted by Crippen LogP contribution is -2.49. The second-order valence-electron chi connectivity index (χ2n) is 7.70. The second kappa shape index (κ2) is 7.97. The normalized spacial score (nSPS) is 12.1. The van der Waals surface area contributed by atoms with Crippen LogP contribution in [-0.2, 0) is 4.65 Å². The second-order valence-corrected chi connectivity index (χ2v) is 7.70. The van der Waals surface area contributed by atoms with Crippen LogP contribution in [-0.4, -0.2) is 38.7 Å². The summed E-state index contributed by atoms with van der Waals surface area (Å²) in [6.07, 6.45) is 1.47. The Kier molecular flexibility index (Phi) is 5.77. The smallest absolute Gasteiger partial charge is 0.330 e. The van der Waals surface area contributed by atoms with E-state index in [1.54, 1.807) is 33.5 Å². The molecule has 0 aliphatic heterocycles. The molecule has 0 aliphatic rings. The number of aromatic nitrogens is 3. The van der Waals surface area contributed by atoms with Crippen LogP contribution in [0.25, 0.3) is 22.6 Å². The number of pyridine rings is 1. The highest BCUT2D eigenvalue weighted by atomic mass is 19.1. The third-order valence-corrected chi connectivity index (χ3v) is 4.85. The maximum Gasteiger partial charge on any atom is 0.330 e. The molecule has 0 spiro atoms. The van der Waals surface area contributed by atoms with E-state index in [1.807, 2.05) is 38.1 Å². The highest BCUT2D eigenvalue weighted by molar-refractivity contribution is 6.47. The number of nitrogens with zero attached hydrogens (tertiary/aromatic N) is 3. The van der Waals surface area contributed by atoms with Gasteiger partial charge in [-0.1, -0.05) is 29.7 Å². The van der Waals surface area contributed by atoms with E-state index < -0.39 is 23.1 Å². The predicted molar refractivity (Wildman–Crippen MR) is 107 cm³/mol. The predicted octanol–water partition coefficient (Wildman–Crippen LogP) is 3.29. The summed E-state index contributed by atoms with van der Waals surface area (Å²) in [6, 6.07) is 11.5. The number of hydrogen-bond acceptors (Lipinski definition) is 5. The quantitative estimate of drug-likeness (QED) is 0.512. The first-order valence-corrected chi connectivity index (χ1v) is 9.05. The van der Waals surface area contributed by atoms with Gasteiger partial charge in [-0.3, -0.25) is 4.98 Å². The van der Waals surface area contributed by atoms with Crippen molar-refractivity contribution in [2.75, 3.05) is 0 Å². The third-order valence-electron chi connectivity index (χ3n) is 4.85. The molecule has 0 atom stereocenters. The minimum Gasteiger partial charge on any atom is -0.427 e. The highest BCUT2D eigenvalue weighted by Crippen LogP contribution is 2.24. The Morgan fingerprint density at radius 2 is 1.48 bits per heavy atom. The van der Waals surface area contributed by atoms with Gasteiger partial charge in [0.15, 0.2) is 5.82 Å². The molecule has 5 nitrogen and oxygen atoms in total. The summed E-state index contributed by atoms with van der Waals surface area (Å²) in [5, 5.41) is 10.1. The Morgan fingerprint density at radius 3 is 2.00 bits per heavy atom. The topological polar surface area (TPSA) is 68.1 Å². The Hall–Kier alpha value is -2.71. The molecule has 0 saturated carbocycles. The van der Waals surface area contributed by atoms with Crippen molar-refractivity contribution in [3.05, 3.63) is 60.6 Å². The average molecular weight is 396 g/mol. The zero-order chi connectivity index (χ0) is 21.2. The molecule has 29 heavy (non-hydrogen) atoms. The number of halogens is 2. The molecule has 1 radical (unpaired) electrons. The molecule has 0 saturated heterocycles. The van der Waals surface area contributed by atoms with E-state index in [-0.39, 0.29) is 5.82 Å². The van der Waals surface area contributed by atoms with E-state index in [1.165, 1.54) is 6.20 Å². The van der Waals surface area contributed by atoms with Crippen LogP contribution in [0.3, 0.4) is 0 Å². The van der Waals surface area contributed by atoms with Crippen molar-refractivity contribution in [1.82, 2.24) is 15.0 Å². The van der Waals surface area contributed by atoms with Gasteiger partial charge in [0.2, 0.25) is 11.9 Å².